The number of para-hydroxylation sites is 1. The van der Waals surface area contributed by atoms with E-state index in [1.54, 1.807) is 0 Å². The molecule has 0 aliphatic heterocycles. The molecule has 54 heavy (non-hydrogen) atoms. The highest BCUT2D eigenvalue weighted by molar-refractivity contribution is 6.23. The summed E-state index contributed by atoms with van der Waals surface area (Å²) in [5.41, 5.74) is 9.86. The first kappa shape index (κ1) is 30.5. The number of fused-ring (bicyclic) bond motifs is 10. The van der Waals surface area contributed by atoms with Gasteiger partial charge in [0, 0.05) is 32.9 Å². The Hall–Kier alpha value is -7.16. The molecule has 252 valence electrons. The van der Waals surface area contributed by atoms with Gasteiger partial charge in [-0.25, -0.2) is 0 Å². The largest absolute Gasteiger partial charge is 0.455 e. The average Bonchev–Trinajstić information content (AvgIpc) is 3.63. The van der Waals surface area contributed by atoms with E-state index >= 15 is 0 Å². The lowest BCUT2D eigenvalue weighted by Gasteiger charge is -2.27. The molecule has 1 heterocycles. The Morgan fingerprint density at radius 1 is 0.333 bits per heavy atom. The summed E-state index contributed by atoms with van der Waals surface area (Å²) in [6, 6.07) is 72.3. The van der Waals surface area contributed by atoms with E-state index in [1.807, 2.05) is 6.07 Å². The van der Waals surface area contributed by atoms with Crippen molar-refractivity contribution in [3.63, 3.8) is 0 Å². The SMILES string of the molecule is c1ccc(-c2cccc(N(c3ccc(-c4cc5ccc6ccccc6c5c5ccccc45)cc3)c3cccc4c3ccc3c5ccccc5oc43)c2)cc1. The number of benzene rings is 10. The van der Waals surface area contributed by atoms with Crippen LogP contribution in [0.1, 0.15) is 0 Å². The predicted octanol–water partition coefficient (Wildman–Crippen LogP) is 15.0. The maximum atomic E-state index is 6.52. The topological polar surface area (TPSA) is 16.4 Å². The smallest absolute Gasteiger partial charge is 0.143 e. The zero-order valence-electron chi connectivity index (χ0n) is 29.4. The maximum absolute atomic E-state index is 6.52. The van der Waals surface area contributed by atoms with Crippen LogP contribution in [0.25, 0.3) is 87.3 Å². The Bertz CT molecular complexity index is 3210. The molecule has 0 aliphatic rings. The van der Waals surface area contributed by atoms with Gasteiger partial charge in [0.05, 0.1) is 5.69 Å². The second-order valence-electron chi connectivity index (χ2n) is 14.1. The van der Waals surface area contributed by atoms with Crippen molar-refractivity contribution >= 4 is 82.1 Å². The maximum Gasteiger partial charge on any atom is 0.143 e. The fraction of sp³-hybridized carbons (Fsp3) is 0. The molecule has 0 atom stereocenters. The van der Waals surface area contributed by atoms with Crippen LogP contribution in [0.2, 0.25) is 0 Å². The third-order valence-corrected chi connectivity index (χ3v) is 11.0. The summed E-state index contributed by atoms with van der Waals surface area (Å²) in [5.74, 6) is 0. The quantitative estimate of drug-likeness (QED) is 0.168. The van der Waals surface area contributed by atoms with Crippen LogP contribution in [0.3, 0.4) is 0 Å². The highest BCUT2D eigenvalue weighted by Crippen LogP contribution is 2.44. The molecule has 0 aliphatic carbocycles. The Kier molecular flexibility index (Phi) is 6.90. The molecule has 0 spiro atoms. The van der Waals surface area contributed by atoms with Crippen LogP contribution in [-0.2, 0) is 0 Å². The van der Waals surface area contributed by atoms with Gasteiger partial charge >= 0.3 is 0 Å². The van der Waals surface area contributed by atoms with Gasteiger partial charge in [0.25, 0.3) is 0 Å². The molecule has 11 rings (SSSR count). The van der Waals surface area contributed by atoms with E-state index in [-0.39, 0.29) is 0 Å². The zero-order valence-corrected chi connectivity index (χ0v) is 29.4. The summed E-state index contributed by atoms with van der Waals surface area (Å²) in [6.45, 7) is 0. The first-order valence-corrected chi connectivity index (χ1v) is 18.5. The van der Waals surface area contributed by atoms with E-state index in [4.69, 9.17) is 4.42 Å². The molecule has 0 amide bonds. The summed E-state index contributed by atoms with van der Waals surface area (Å²) >= 11 is 0. The van der Waals surface area contributed by atoms with Crippen molar-refractivity contribution in [2.24, 2.45) is 0 Å². The molecular weight excluding hydrogens is 655 g/mol. The van der Waals surface area contributed by atoms with Crippen LogP contribution in [0, 0.1) is 0 Å². The molecule has 2 heteroatoms. The first-order chi connectivity index (χ1) is 26.8. The van der Waals surface area contributed by atoms with Crippen LogP contribution in [0.4, 0.5) is 17.1 Å². The first-order valence-electron chi connectivity index (χ1n) is 18.5. The molecule has 0 unspecified atom stereocenters. The Balaban J connectivity index is 1.10. The van der Waals surface area contributed by atoms with Gasteiger partial charge in [0.1, 0.15) is 11.2 Å². The number of anilines is 3. The molecule has 0 N–H and O–H groups in total. The van der Waals surface area contributed by atoms with Gasteiger partial charge in [-0.3, -0.25) is 0 Å². The van der Waals surface area contributed by atoms with Crippen LogP contribution in [0.5, 0.6) is 0 Å². The third-order valence-electron chi connectivity index (χ3n) is 11.0. The summed E-state index contributed by atoms with van der Waals surface area (Å²) in [7, 11) is 0. The molecule has 0 bridgehead atoms. The number of rotatable bonds is 5. The monoisotopic (exact) mass is 687 g/mol. The van der Waals surface area contributed by atoms with Gasteiger partial charge in [-0.05, 0) is 103 Å². The van der Waals surface area contributed by atoms with Gasteiger partial charge in [0.2, 0.25) is 0 Å². The predicted molar refractivity (Wildman–Crippen MR) is 229 cm³/mol. The van der Waals surface area contributed by atoms with E-state index in [2.05, 4.69) is 199 Å². The molecule has 0 saturated carbocycles. The second kappa shape index (κ2) is 12.2. The average molecular weight is 688 g/mol. The highest BCUT2D eigenvalue weighted by atomic mass is 16.3. The molecule has 0 fully saturated rings. The Labute approximate surface area is 312 Å². The number of nitrogens with zero attached hydrogens (tertiary/aromatic N) is 1. The fourth-order valence-electron chi connectivity index (χ4n) is 8.51. The van der Waals surface area contributed by atoms with E-state index < -0.39 is 0 Å². The highest BCUT2D eigenvalue weighted by Gasteiger charge is 2.19. The van der Waals surface area contributed by atoms with Gasteiger partial charge in [-0.1, -0.05) is 152 Å². The molecule has 11 aromatic rings. The molecule has 0 saturated heterocycles. The normalized spacial score (nSPS) is 11.7. The van der Waals surface area contributed by atoms with Crippen LogP contribution >= 0.6 is 0 Å². The minimum absolute atomic E-state index is 0.905. The molecule has 10 aromatic carbocycles. The van der Waals surface area contributed by atoms with Gasteiger partial charge in [-0.15, -0.1) is 0 Å². The standard InChI is InChI=1S/C52H33NO/c1-2-12-34(13-3-1)37-15-10-16-40(32-37)53(49-22-11-21-46-43(49)30-31-47-44-19-8-9-23-50(44)54-52(46)47)39-28-26-36(27-29-39)48-33-38-25-24-35-14-4-5-17-41(35)51(38)45-20-7-6-18-42(45)48/h1-33H. The van der Waals surface area contributed by atoms with Crippen LogP contribution in [0.15, 0.2) is 205 Å². The molecule has 1 aromatic heterocycles. The van der Waals surface area contributed by atoms with E-state index in [0.29, 0.717) is 0 Å². The third kappa shape index (κ3) is 4.81. The minimum atomic E-state index is 0.905. The number of hydrogen-bond acceptors (Lipinski definition) is 2. The van der Waals surface area contributed by atoms with Crippen LogP contribution in [-0.4, -0.2) is 0 Å². The van der Waals surface area contributed by atoms with Crippen molar-refractivity contribution in [3.05, 3.63) is 200 Å². The second-order valence-corrected chi connectivity index (χ2v) is 14.1. The van der Waals surface area contributed by atoms with Gasteiger partial charge in [-0.2, -0.15) is 0 Å². The van der Waals surface area contributed by atoms with Crippen molar-refractivity contribution in [2.75, 3.05) is 4.90 Å². The van der Waals surface area contributed by atoms with Crippen molar-refractivity contribution < 1.29 is 4.42 Å². The Morgan fingerprint density at radius 3 is 1.85 bits per heavy atom. The van der Waals surface area contributed by atoms with Crippen molar-refractivity contribution in [1.29, 1.82) is 0 Å². The zero-order chi connectivity index (χ0) is 35.6. The lowest BCUT2D eigenvalue weighted by molar-refractivity contribution is 0.672. The number of furan rings is 1. The summed E-state index contributed by atoms with van der Waals surface area (Å²) < 4.78 is 6.52. The van der Waals surface area contributed by atoms with Crippen LogP contribution < -0.4 is 4.90 Å². The fourth-order valence-corrected chi connectivity index (χ4v) is 8.51. The van der Waals surface area contributed by atoms with Crippen molar-refractivity contribution in [2.45, 2.75) is 0 Å². The number of hydrogen-bond donors (Lipinski definition) is 0. The molecular formula is C52H33NO. The summed E-state index contributed by atoms with van der Waals surface area (Å²) in [4.78, 5) is 2.39. The minimum Gasteiger partial charge on any atom is -0.455 e. The van der Waals surface area contributed by atoms with E-state index in [9.17, 15) is 0 Å². The Morgan fingerprint density at radius 2 is 0.981 bits per heavy atom. The molecule has 0 radical (unpaired) electrons. The van der Waals surface area contributed by atoms with Gasteiger partial charge < -0.3 is 9.32 Å². The lowest BCUT2D eigenvalue weighted by atomic mass is 9.90. The lowest BCUT2D eigenvalue weighted by Crippen LogP contribution is -2.10. The molecule has 2 nitrogen and oxygen atoms in total. The summed E-state index contributed by atoms with van der Waals surface area (Å²) in [6.07, 6.45) is 0. The van der Waals surface area contributed by atoms with Gasteiger partial charge in [0.15, 0.2) is 0 Å². The van der Waals surface area contributed by atoms with Crippen molar-refractivity contribution in [1.82, 2.24) is 0 Å². The van der Waals surface area contributed by atoms with E-state index in [0.717, 1.165) is 49.8 Å². The van der Waals surface area contributed by atoms with Crippen molar-refractivity contribution in [3.8, 4) is 22.3 Å². The summed E-state index contributed by atoms with van der Waals surface area (Å²) in [5, 5.41) is 12.1. The van der Waals surface area contributed by atoms with E-state index in [1.165, 1.54) is 54.6 Å².